The number of benzene rings is 1. The van der Waals surface area contributed by atoms with Crippen LogP contribution in [0, 0.1) is 0 Å². The second-order valence-corrected chi connectivity index (χ2v) is 4.12. The second kappa shape index (κ2) is 6.58. The van der Waals surface area contributed by atoms with Gasteiger partial charge in [-0.2, -0.15) is 0 Å². The molecule has 0 aliphatic heterocycles. The molecule has 0 aliphatic rings. The van der Waals surface area contributed by atoms with Crippen LogP contribution in [0.1, 0.15) is 12.0 Å². The van der Waals surface area contributed by atoms with Gasteiger partial charge >= 0.3 is 0 Å². The lowest BCUT2D eigenvalue weighted by Crippen LogP contribution is -2.26. The quantitative estimate of drug-likeness (QED) is 0.853. The molecular weight excluding hydrogens is 258 g/mol. The Kier molecular flexibility index (Phi) is 5.36. The van der Waals surface area contributed by atoms with Gasteiger partial charge in [0.2, 0.25) is 5.91 Å². The monoisotopic (exact) mass is 271 g/mol. The Hall–Kier alpha value is -0.870. The van der Waals surface area contributed by atoms with E-state index < -0.39 is 0 Å². The molecule has 3 nitrogen and oxygen atoms in total. The summed E-state index contributed by atoms with van der Waals surface area (Å²) in [4.78, 5) is 11.0. The summed E-state index contributed by atoms with van der Waals surface area (Å²) >= 11 is 3.36. The molecule has 1 aromatic carbocycles. The maximum Gasteiger partial charge on any atom is 0.222 e. The van der Waals surface area contributed by atoms with E-state index >= 15 is 0 Å². The Morgan fingerprint density at radius 2 is 2.00 bits per heavy atom. The van der Waals surface area contributed by atoms with Crippen LogP contribution in [0.5, 0.6) is 0 Å². The zero-order chi connectivity index (χ0) is 11.1. The van der Waals surface area contributed by atoms with Gasteiger partial charge in [0, 0.05) is 17.4 Å². The van der Waals surface area contributed by atoms with E-state index in [1.807, 2.05) is 24.3 Å². The number of rotatable bonds is 5. The number of carbonyl (C=O) groups excluding carboxylic acids is 1. The molecule has 1 rings (SSSR count). The molecule has 0 bridgehead atoms. The molecular formula is C11H14BrNO2. The molecule has 0 unspecified atom stereocenters. The van der Waals surface area contributed by atoms with Crippen molar-refractivity contribution in [2.75, 3.05) is 13.2 Å². The predicted molar refractivity (Wildman–Crippen MR) is 62.6 cm³/mol. The Labute approximate surface area is 97.6 Å². The van der Waals surface area contributed by atoms with Crippen LogP contribution in [0.3, 0.4) is 0 Å². The van der Waals surface area contributed by atoms with Crippen LogP contribution in [-0.4, -0.2) is 24.2 Å². The lowest BCUT2D eigenvalue weighted by atomic mass is 10.1. The highest BCUT2D eigenvalue weighted by Crippen LogP contribution is 2.10. The average molecular weight is 272 g/mol. The molecule has 2 N–H and O–H groups in total. The van der Waals surface area contributed by atoms with E-state index in [0.717, 1.165) is 10.9 Å². The predicted octanol–water partition coefficient (Wildman–Crippen LogP) is 1.49. The van der Waals surface area contributed by atoms with Crippen molar-refractivity contribution in [2.45, 2.75) is 12.8 Å². The molecule has 0 fully saturated rings. The summed E-state index contributed by atoms with van der Waals surface area (Å²) in [5.74, 6) is -0.102. The maximum atomic E-state index is 11.0. The number of aliphatic hydroxyl groups excluding tert-OH is 1. The first-order valence-electron chi connectivity index (χ1n) is 4.84. The molecule has 0 aliphatic carbocycles. The first kappa shape index (κ1) is 12.2. The fourth-order valence-corrected chi connectivity index (χ4v) is 1.45. The number of amides is 1. The molecule has 0 saturated heterocycles. The highest BCUT2D eigenvalue weighted by molar-refractivity contribution is 9.10. The van der Waals surface area contributed by atoms with Crippen molar-refractivity contribution in [3.05, 3.63) is 34.3 Å². The fraction of sp³-hybridized carbons (Fsp3) is 0.364. The number of hydrogen-bond acceptors (Lipinski definition) is 2. The fourth-order valence-electron chi connectivity index (χ4n) is 1.19. The van der Waals surface area contributed by atoms with Crippen LogP contribution in [0.4, 0.5) is 0 Å². The van der Waals surface area contributed by atoms with Gasteiger partial charge in [0.25, 0.3) is 0 Å². The molecule has 0 spiro atoms. The van der Waals surface area contributed by atoms with Crippen molar-refractivity contribution in [3.8, 4) is 0 Å². The zero-order valence-corrected chi connectivity index (χ0v) is 9.96. The van der Waals surface area contributed by atoms with Crippen LogP contribution in [0.2, 0.25) is 0 Å². The van der Waals surface area contributed by atoms with Gasteiger partial charge < -0.3 is 10.4 Å². The van der Waals surface area contributed by atoms with Crippen molar-refractivity contribution in [3.63, 3.8) is 0 Å². The molecule has 4 heteroatoms. The van der Waals surface area contributed by atoms with E-state index in [1.54, 1.807) is 0 Å². The molecule has 0 heterocycles. The Morgan fingerprint density at radius 3 is 2.60 bits per heavy atom. The van der Waals surface area contributed by atoms with Crippen molar-refractivity contribution < 1.29 is 9.90 Å². The van der Waals surface area contributed by atoms with Gasteiger partial charge in [-0.25, -0.2) is 0 Å². The van der Waals surface area contributed by atoms with E-state index in [4.69, 9.17) is 5.11 Å². The number of hydrogen-bond donors (Lipinski definition) is 2. The van der Waals surface area contributed by atoms with E-state index in [-0.39, 0.29) is 18.9 Å². The SMILES string of the molecule is O=C(CCO)NCCc1ccc(Br)cc1. The minimum absolute atomic E-state index is 0.0931. The molecule has 15 heavy (non-hydrogen) atoms. The first-order chi connectivity index (χ1) is 7.22. The molecule has 82 valence electrons. The van der Waals surface area contributed by atoms with Crippen LogP contribution < -0.4 is 5.32 Å². The highest BCUT2D eigenvalue weighted by atomic mass is 79.9. The van der Waals surface area contributed by atoms with Gasteiger partial charge in [-0.15, -0.1) is 0 Å². The summed E-state index contributed by atoms with van der Waals surface area (Å²) in [5.41, 5.74) is 1.18. The van der Waals surface area contributed by atoms with Gasteiger partial charge in [0.15, 0.2) is 0 Å². The van der Waals surface area contributed by atoms with Gasteiger partial charge in [-0.3, -0.25) is 4.79 Å². The van der Waals surface area contributed by atoms with E-state index in [2.05, 4.69) is 21.2 Å². The number of halogens is 1. The molecule has 0 radical (unpaired) electrons. The average Bonchev–Trinajstić information content (AvgIpc) is 2.21. The second-order valence-electron chi connectivity index (χ2n) is 3.20. The lowest BCUT2D eigenvalue weighted by molar-refractivity contribution is -0.121. The Bertz CT molecular complexity index is 311. The molecule has 0 saturated carbocycles. The topological polar surface area (TPSA) is 49.3 Å². The van der Waals surface area contributed by atoms with Crippen molar-refractivity contribution in [2.24, 2.45) is 0 Å². The summed E-state index contributed by atoms with van der Waals surface area (Å²) in [5, 5.41) is 11.3. The smallest absolute Gasteiger partial charge is 0.222 e. The zero-order valence-electron chi connectivity index (χ0n) is 8.37. The Balaban J connectivity index is 2.26. The molecule has 0 aromatic heterocycles. The first-order valence-corrected chi connectivity index (χ1v) is 5.63. The van der Waals surface area contributed by atoms with Crippen LogP contribution in [0.15, 0.2) is 28.7 Å². The molecule has 1 amide bonds. The van der Waals surface area contributed by atoms with E-state index in [0.29, 0.717) is 6.54 Å². The van der Waals surface area contributed by atoms with Crippen molar-refractivity contribution in [1.29, 1.82) is 0 Å². The third-order valence-corrected chi connectivity index (χ3v) is 2.52. The van der Waals surface area contributed by atoms with Gasteiger partial charge in [0.05, 0.1) is 6.61 Å². The summed E-state index contributed by atoms with van der Waals surface area (Å²) in [7, 11) is 0. The summed E-state index contributed by atoms with van der Waals surface area (Å²) in [6, 6.07) is 7.99. The maximum absolute atomic E-state index is 11.0. The molecule has 1 aromatic rings. The highest BCUT2D eigenvalue weighted by Gasteiger charge is 1.98. The minimum Gasteiger partial charge on any atom is -0.396 e. The van der Waals surface area contributed by atoms with Gasteiger partial charge in [-0.05, 0) is 24.1 Å². The number of carbonyl (C=O) groups is 1. The third kappa shape index (κ3) is 4.95. The summed E-state index contributed by atoms with van der Waals surface area (Å²) in [6.45, 7) is 0.518. The summed E-state index contributed by atoms with van der Waals surface area (Å²) < 4.78 is 1.05. The standard InChI is InChI=1S/C11H14BrNO2/c12-10-3-1-9(2-4-10)5-7-13-11(15)6-8-14/h1-4,14H,5-8H2,(H,13,15). The summed E-state index contributed by atoms with van der Waals surface area (Å²) in [6.07, 6.45) is 0.991. The lowest BCUT2D eigenvalue weighted by Gasteiger charge is -2.04. The van der Waals surface area contributed by atoms with Gasteiger partial charge in [-0.1, -0.05) is 28.1 Å². The number of aliphatic hydroxyl groups is 1. The van der Waals surface area contributed by atoms with Crippen LogP contribution >= 0.6 is 15.9 Å². The van der Waals surface area contributed by atoms with Crippen molar-refractivity contribution >= 4 is 21.8 Å². The third-order valence-electron chi connectivity index (χ3n) is 1.99. The Morgan fingerprint density at radius 1 is 1.33 bits per heavy atom. The molecule has 0 atom stereocenters. The number of nitrogens with one attached hydrogen (secondary N) is 1. The van der Waals surface area contributed by atoms with Crippen molar-refractivity contribution in [1.82, 2.24) is 5.32 Å². The van der Waals surface area contributed by atoms with Crippen LogP contribution in [-0.2, 0) is 11.2 Å². The minimum atomic E-state index is -0.102. The van der Waals surface area contributed by atoms with E-state index in [1.165, 1.54) is 5.56 Å². The van der Waals surface area contributed by atoms with Crippen LogP contribution in [0.25, 0.3) is 0 Å². The van der Waals surface area contributed by atoms with E-state index in [9.17, 15) is 4.79 Å². The largest absolute Gasteiger partial charge is 0.396 e. The van der Waals surface area contributed by atoms with Gasteiger partial charge in [0.1, 0.15) is 0 Å². The normalized spacial score (nSPS) is 10.0.